The van der Waals surface area contributed by atoms with Crippen molar-refractivity contribution in [1.82, 2.24) is 10.3 Å². The lowest BCUT2D eigenvalue weighted by atomic mass is 9.95. The summed E-state index contributed by atoms with van der Waals surface area (Å²) in [7, 11) is 1.67. The van der Waals surface area contributed by atoms with Gasteiger partial charge in [0.1, 0.15) is 5.75 Å². The summed E-state index contributed by atoms with van der Waals surface area (Å²) < 4.78 is 5.38. The Bertz CT molecular complexity index is 1260. The van der Waals surface area contributed by atoms with Crippen molar-refractivity contribution in [1.29, 1.82) is 0 Å². The Hall–Kier alpha value is -3.57. The van der Waals surface area contributed by atoms with Gasteiger partial charge in [0.15, 0.2) is 0 Å². The van der Waals surface area contributed by atoms with Gasteiger partial charge in [0.2, 0.25) is 0 Å². The zero-order chi connectivity index (χ0) is 21.8. The number of hydrogen-bond acceptors (Lipinski definition) is 3. The van der Waals surface area contributed by atoms with Gasteiger partial charge in [-0.1, -0.05) is 35.9 Å². The number of carbonyl (C=O) groups is 1. The van der Waals surface area contributed by atoms with Gasteiger partial charge in [-0.2, -0.15) is 0 Å². The van der Waals surface area contributed by atoms with Crippen LogP contribution in [0.1, 0.15) is 11.1 Å². The molecule has 3 aromatic carbocycles. The third-order valence-corrected chi connectivity index (χ3v) is 5.37. The Morgan fingerprint density at radius 1 is 1.06 bits per heavy atom. The Kier molecular flexibility index (Phi) is 6.05. The van der Waals surface area contributed by atoms with E-state index in [-0.39, 0.29) is 6.03 Å². The molecule has 0 atom stereocenters. The van der Waals surface area contributed by atoms with E-state index in [0.29, 0.717) is 17.3 Å². The number of urea groups is 1. The second-order valence-corrected chi connectivity index (χ2v) is 7.63. The van der Waals surface area contributed by atoms with Gasteiger partial charge in [-0.15, -0.1) is 0 Å². The molecule has 0 fully saturated rings. The van der Waals surface area contributed by atoms with Gasteiger partial charge >= 0.3 is 6.03 Å². The lowest BCUT2D eigenvalue weighted by Crippen LogP contribution is -2.28. The number of hydrogen-bond donors (Lipinski definition) is 2. The topological polar surface area (TPSA) is 63.2 Å². The highest BCUT2D eigenvalue weighted by Gasteiger charge is 2.11. The highest BCUT2D eigenvalue weighted by atomic mass is 35.5. The molecule has 0 saturated heterocycles. The third kappa shape index (κ3) is 4.62. The number of pyridine rings is 1. The zero-order valence-electron chi connectivity index (χ0n) is 17.3. The second-order valence-electron chi connectivity index (χ2n) is 7.20. The minimum atomic E-state index is -0.297. The van der Waals surface area contributed by atoms with Gasteiger partial charge in [-0.3, -0.25) is 4.98 Å². The quantitative estimate of drug-likeness (QED) is 0.395. The highest BCUT2D eigenvalue weighted by molar-refractivity contribution is 6.30. The van der Waals surface area contributed by atoms with Crippen LogP contribution in [-0.2, 0) is 6.54 Å². The van der Waals surface area contributed by atoms with Crippen LogP contribution >= 0.6 is 11.6 Å². The first kappa shape index (κ1) is 20.7. The molecule has 156 valence electrons. The SMILES string of the molecule is COc1ccc(-c2ccc(CNC(=O)Nc3cccc(Cl)c3)c3cnccc23)cc1C. The van der Waals surface area contributed by atoms with Crippen LogP contribution in [0, 0.1) is 6.92 Å². The molecule has 0 aliphatic heterocycles. The molecule has 0 spiro atoms. The number of methoxy groups -OCH3 is 1. The van der Waals surface area contributed by atoms with Crippen molar-refractivity contribution in [2.24, 2.45) is 0 Å². The maximum Gasteiger partial charge on any atom is 0.319 e. The normalized spacial score (nSPS) is 10.7. The minimum absolute atomic E-state index is 0.297. The van der Waals surface area contributed by atoms with Gasteiger partial charge in [-0.05, 0) is 71.0 Å². The Morgan fingerprint density at radius 3 is 2.71 bits per heavy atom. The van der Waals surface area contributed by atoms with Crippen molar-refractivity contribution in [3.05, 3.63) is 89.2 Å². The summed E-state index contributed by atoms with van der Waals surface area (Å²) in [5.41, 5.74) is 4.91. The summed E-state index contributed by atoms with van der Waals surface area (Å²) in [6.07, 6.45) is 3.62. The van der Waals surface area contributed by atoms with E-state index in [1.54, 1.807) is 37.6 Å². The number of amides is 2. The molecule has 1 heterocycles. The molecule has 1 aromatic heterocycles. The van der Waals surface area contributed by atoms with Crippen LogP contribution in [0.2, 0.25) is 5.02 Å². The van der Waals surface area contributed by atoms with E-state index in [4.69, 9.17) is 16.3 Å². The van der Waals surface area contributed by atoms with E-state index < -0.39 is 0 Å². The molecular formula is C25H22ClN3O2. The number of anilines is 1. The van der Waals surface area contributed by atoms with Crippen molar-refractivity contribution in [2.45, 2.75) is 13.5 Å². The van der Waals surface area contributed by atoms with E-state index in [2.05, 4.69) is 33.8 Å². The molecule has 0 aliphatic carbocycles. The van der Waals surface area contributed by atoms with Gasteiger partial charge in [0, 0.05) is 35.0 Å². The van der Waals surface area contributed by atoms with E-state index in [0.717, 1.165) is 38.8 Å². The number of halogens is 1. The molecule has 4 aromatic rings. The first-order valence-corrected chi connectivity index (χ1v) is 10.2. The predicted octanol–water partition coefficient (Wildman–Crippen LogP) is 6.19. The molecule has 5 nitrogen and oxygen atoms in total. The van der Waals surface area contributed by atoms with Crippen LogP contribution in [0.3, 0.4) is 0 Å². The van der Waals surface area contributed by atoms with E-state index in [1.807, 2.05) is 31.3 Å². The first-order chi connectivity index (χ1) is 15.0. The number of fused-ring (bicyclic) bond motifs is 1. The molecule has 0 bridgehead atoms. The first-order valence-electron chi connectivity index (χ1n) is 9.86. The molecule has 0 radical (unpaired) electrons. The molecule has 31 heavy (non-hydrogen) atoms. The summed E-state index contributed by atoms with van der Waals surface area (Å²) in [5, 5.41) is 8.34. The number of nitrogens with one attached hydrogen (secondary N) is 2. The zero-order valence-corrected chi connectivity index (χ0v) is 18.0. The minimum Gasteiger partial charge on any atom is -0.496 e. The fourth-order valence-electron chi connectivity index (χ4n) is 3.62. The molecule has 0 unspecified atom stereocenters. The fourth-order valence-corrected chi connectivity index (χ4v) is 3.81. The average molecular weight is 432 g/mol. The van der Waals surface area contributed by atoms with Crippen LogP contribution < -0.4 is 15.4 Å². The fraction of sp³-hybridized carbons (Fsp3) is 0.120. The van der Waals surface area contributed by atoms with Crippen LogP contribution in [0.5, 0.6) is 5.75 Å². The average Bonchev–Trinajstić information content (AvgIpc) is 2.77. The Balaban J connectivity index is 1.58. The Morgan fingerprint density at radius 2 is 1.94 bits per heavy atom. The van der Waals surface area contributed by atoms with Gasteiger partial charge in [0.25, 0.3) is 0 Å². The lowest BCUT2D eigenvalue weighted by molar-refractivity contribution is 0.252. The standard InChI is InChI=1S/C25H22ClN3O2/c1-16-12-17(7-9-24(16)31-2)21-8-6-18(23-15-27-11-10-22(21)23)14-28-25(30)29-20-5-3-4-19(26)13-20/h3-13,15H,14H2,1-2H3,(H2,28,29,30). The third-order valence-electron chi connectivity index (χ3n) is 5.14. The van der Waals surface area contributed by atoms with Crippen LogP contribution in [0.15, 0.2) is 73.1 Å². The highest BCUT2D eigenvalue weighted by Crippen LogP contribution is 2.33. The van der Waals surface area contributed by atoms with Gasteiger partial charge in [0.05, 0.1) is 7.11 Å². The number of rotatable bonds is 5. The molecular weight excluding hydrogens is 410 g/mol. The van der Waals surface area contributed by atoms with Crippen molar-refractivity contribution in [3.63, 3.8) is 0 Å². The molecule has 2 amide bonds. The lowest BCUT2D eigenvalue weighted by Gasteiger charge is -2.14. The van der Waals surface area contributed by atoms with Crippen molar-refractivity contribution in [3.8, 4) is 16.9 Å². The summed E-state index contributed by atoms with van der Waals surface area (Å²) >= 11 is 5.97. The second kappa shape index (κ2) is 9.06. The number of aromatic nitrogens is 1. The van der Waals surface area contributed by atoms with Crippen molar-refractivity contribution in [2.75, 3.05) is 12.4 Å². The monoisotopic (exact) mass is 431 g/mol. The van der Waals surface area contributed by atoms with Crippen molar-refractivity contribution < 1.29 is 9.53 Å². The molecule has 6 heteroatoms. The summed E-state index contributed by atoms with van der Waals surface area (Å²) in [4.78, 5) is 16.6. The number of carbonyl (C=O) groups excluding carboxylic acids is 1. The van der Waals surface area contributed by atoms with E-state index in [1.165, 1.54) is 0 Å². The maximum atomic E-state index is 12.3. The number of nitrogens with zero attached hydrogens (tertiary/aromatic N) is 1. The van der Waals surface area contributed by atoms with Crippen molar-refractivity contribution >= 4 is 34.1 Å². The Labute approximate surface area is 186 Å². The van der Waals surface area contributed by atoms with E-state index in [9.17, 15) is 4.79 Å². The largest absolute Gasteiger partial charge is 0.496 e. The van der Waals surface area contributed by atoms with Gasteiger partial charge in [-0.25, -0.2) is 4.79 Å². The number of aryl methyl sites for hydroxylation is 1. The number of ether oxygens (including phenoxy) is 1. The van der Waals surface area contributed by atoms with Crippen LogP contribution in [-0.4, -0.2) is 18.1 Å². The summed E-state index contributed by atoms with van der Waals surface area (Å²) in [6.45, 7) is 2.40. The number of benzene rings is 3. The molecule has 4 rings (SSSR count). The van der Waals surface area contributed by atoms with Gasteiger partial charge < -0.3 is 15.4 Å². The molecule has 0 aliphatic rings. The van der Waals surface area contributed by atoms with Crippen LogP contribution in [0.4, 0.5) is 10.5 Å². The van der Waals surface area contributed by atoms with Crippen LogP contribution in [0.25, 0.3) is 21.9 Å². The molecule has 2 N–H and O–H groups in total. The smallest absolute Gasteiger partial charge is 0.319 e. The van der Waals surface area contributed by atoms with E-state index >= 15 is 0 Å². The maximum absolute atomic E-state index is 12.3. The predicted molar refractivity (Wildman–Crippen MR) is 126 cm³/mol. The summed E-state index contributed by atoms with van der Waals surface area (Å²) in [6, 6.07) is 19.0. The summed E-state index contributed by atoms with van der Waals surface area (Å²) in [5.74, 6) is 0.862. The molecule has 0 saturated carbocycles.